The third kappa shape index (κ3) is 5.39. The zero-order valence-corrected chi connectivity index (χ0v) is 18.1. The number of anilines is 1. The molecule has 0 saturated carbocycles. The fourth-order valence-corrected chi connectivity index (χ4v) is 4.01. The molecule has 0 amide bonds. The first kappa shape index (κ1) is 22.5. The Bertz CT molecular complexity index is 1340. The van der Waals surface area contributed by atoms with E-state index in [1.165, 1.54) is 36.4 Å². The number of methoxy groups -OCH3 is 1. The third-order valence-electron chi connectivity index (χ3n) is 4.54. The van der Waals surface area contributed by atoms with E-state index in [2.05, 4.69) is 29.7 Å². The second kappa shape index (κ2) is 9.44. The highest BCUT2D eigenvalue weighted by Gasteiger charge is 2.20. The number of hydrogen-bond donors (Lipinski definition) is 2. The van der Waals surface area contributed by atoms with Gasteiger partial charge in [0.1, 0.15) is 35.0 Å². The molecule has 0 saturated heterocycles. The number of aliphatic hydroxyl groups is 1. The van der Waals surface area contributed by atoms with Gasteiger partial charge in [-0.15, -0.1) is 0 Å². The van der Waals surface area contributed by atoms with Crippen LogP contribution >= 0.6 is 0 Å². The van der Waals surface area contributed by atoms with Crippen molar-refractivity contribution in [2.75, 3.05) is 17.6 Å². The standard InChI is InChI=1S/C20H19FN6O5S/c1-31-19(28)12-33(29,30)26-18-6-8-22-20(23-18)16-10-17(15-7-9-32-25-15)27(24-16)11-13-4-2-3-5-14(13)21/h2-10,19,28H,11-12H2,1H3,(H,22,23,26). The topological polar surface area (TPSA) is 145 Å². The van der Waals surface area contributed by atoms with Crippen LogP contribution < -0.4 is 4.72 Å². The molecular formula is C20H19FN6O5S. The highest BCUT2D eigenvalue weighted by atomic mass is 32.2. The van der Waals surface area contributed by atoms with Crippen LogP contribution in [0.15, 0.2) is 59.4 Å². The molecule has 1 aromatic carbocycles. The Hall–Kier alpha value is -3.68. The van der Waals surface area contributed by atoms with Crippen molar-refractivity contribution in [1.82, 2.24) is 24.9 Å². The average Bonchev–Trinajstić information content (AvgIpc) is 3.45. The number of halogens is 1. The van der Waals surface area contributed by atoms with E-state index >= 15 is 0 Å². The van der Waals surface area contributed by atoms with Gasteiger partial charge in [0.25, 0.3) is 0 Å². The second-order valence-electron chi connectivity index (χ2n) is 6.89. The highest BCUT2D eigenvalue weighted by molar-refractivity contribution is 7.92. The molecule has 0 bridgehead atoms. The van der Waals surface area contributed by atoms with Gasteiger partial charge >= 0.3 is 0 Å². The zero-order valence-electron chi connectivity index (χ0n) is 17.3. The molecule has 0 fully saturated rings. The molecule has 4 rings (SSSR count). The maximum Gasteiger partial charge on any atom is 0.238 e. The van der Waals surface area contributed by atoms with E-state index in [1.54, 1.807) is 30.3 Å². The van der Waals surface area contributed by atoms with Crippen LogP contribution in [-0.4, -0.2) is 57.6 Å². The Morgan fingerprint density at radius 1 is 1.24 bits per heavy atom. The number of benzene rings is 1. The summed E-state index contributed by atoms with van der Waals surface area (Å²) in [5.74, 6) is -0.947. The maximum absolute atomic E-state index is 14.2. The van der Waals surface area contributed by atoms with E-state index in [-0.39, 0.29) is 24.0 Å². The van der Waals surface area contributed by atoms with Gasteiger partial charge in [0.15, 0.2) is 12.1 Å². The van der Waals surface area contributed by atoms with Gasteiger partial charge in [-0.25, -0.2) is 22.8 Å². The summed E-state index contributed by atoms with van der Waals surface area (Å²) >= 11 is 0. The minimum absolute atomic E-state index is 0.0186. The van der Waals surface area contributed by atoms with Crippen molar-refractivity contribution < 1.29 is 27.2 Å². The largest absolute Gasteiger partial charge is 0.367 e. The molecule has 0 aliphatic heterocycles. The lowest BCUT2D eigenvalue weighted by Gasteiger charge is -2.11. The number of nitrogens with zero attached hydrogens (tertiary/aromatic N) is 5. The van der Waals surface area contributed by atoms with E-state index < -0.39 is 22.1 Å². The molecule has 1 unspecified atom stereocenters. The van der Waals surface area contributed by atoms with Gasteiger partial charge in [-0.1, -0.05) is 23.4 Å². The van der Waals surface area contributed by atoms with E-state index in [1.807, 2.05) is 0 Å². The molecule has 11 nitrogen and oxygen atoms in total. The van der Waals surface area contributed by atoms with Crippen LogP contribution in [0.2, 0.25) is 0 Å². The lowest BCUT2D eigenvalue weighted by atomic mass is 10.2. The fraction of sp³-hybridized carbons (Fsp3) is 0.200. The van der Waals surface area contributed by atoms with Crippen molar-refractivity contribution in [2.24, 2.45) is 0 Å². The zero-order chi connectivity index (χ0) is 23.4. The van der Waals surface area contributed by atoms with Crippen molar-refractivity contribution in [2.45, 2.75) is 12.8 Å². The molecule has 0 radical (unpaired) electrons. The van der Waals surface area contributed by atoms with Crippen LogP contribution in [0.1, 0.15) is 5.56 Å². The van der Waals surface area contributed by atoms with Crippen LogP contribution in [0.3, 0.4) is 0 Å². The Morgan fingerprint density at radius 2 is 2.06 bits per heavy atom. The normalized spacial score (nSPS) is 12.6. The van der Waals surface area contributed by atoms with Gasteiger partial charge < -0.3 is 14.4 Å². The van der Waals surface area contributed by atoms with E-state index in [4.69, 9.17) is 4.52 Å². The van der Waals surface area contributed by atoms with Crippen LogP contribution in [0, 0.1) is 5.82 Å². The van der Waals surface area contributed by atoms with Crippen molar-refractivity contribution in [1.29, 1.82) is 0 Å². The Labute approximate surface area is 187 Å². The predicted molar refractivity (Wildman–Crippen MR) is 115 cm³/mol. The second-order valence-corrected chi connectivity index (χ2v) is 8.65. The van der Waals surface area contributed by atoms with Gasteiger partial charge in [-0.3, -0.25) is 9.40 Å². The molecule has 3 heterocycles. The van der Waals surface area contributed by atoms with Crippen LogP contribution in [0.4, 0.5) is 10.2 Å². The SMILES string of the molecule is COC(O)CS(=O)(=O)Nc1ccnc(-c2cc(-c3ccon3)n(Cc3ccccc3F)n2)n1. The van der Waals surface area contributed by atoms with Crippen LogP contribution in [-0.2, 0) is 21.3 Å². The van der Waals surface area contributed by atoms with Gasteiger partial charge in [0.05, 0.1) is 12.2 Å². The van der Waals surface area contributed by atoms with E-state index in [0.29, 0.717) is 22.6 Å². The molecule has 172 valence electrons. The van der Waals surface area contributed by atoms with Gasteiger partial charge in [0.2, 0.25) is 10.0 Å². The number of sulfonamides is 1. The Kier molecular flexibility index (Phi) is 6.44. The van der Waals surface area contributed by atoms with Gasteiger partial charge in [-0.05, 0) is 18.2 Å². The molecule has 13 heteroatoms. The maximum atomic E-state index is 14.2. The molecule has 0 aliphatic rings. The van der Waals surface area contributed by atoms with Gasteiger partial charge in [-0.2, -0.15) is 5.10 Å². The smallest absolute Gasteiger partial charge is 0.238 e. The molecule has 0 aliphatic carbocycles. The highest BCUT2D eigenvalue weighted by Crippen LogP contribution is 2.25. The molecule has 33 heavy (non-hydrogen) atoms. The summed E-state index contributed by atoms with van der Waals surface area (Å²) in [6, 6.07) is 10.9. The van der Waals surface area contributed by atoms with Crippen molar-refractivity contribution in [3.8, 4) is 22.9 Å². The van der Waals surface area contributed by atoms with Crippen molar-refractivity contribution >= 4 is 15.8 Å². The number of nitrogens with one attached hydrogen (secondary N) is 1. The van der Waals surface area contributed by atoms with Gasteiger partial charge in [0, 0.05) is 24.9 Å². The lowest BCUT2D eigenvalue weighted by molar-refractivity contribution is -0.0555. The lowest BCUT2D eigenvalue weighted by Crippen LogP contribution is -2.27. The summed E-state index contributed by atoms with van der Waals surface area (Å²) in [6.45, 7) is 0.107. The molecular weight excluding hydrogens is 455 g/mol. The summed E-state index contributed by atoms with van der Waals surface area (Å²) in [4.78, 5) is 8.37. The number of aromatic nitrogens is 5. The number of aliphatic hydroxyl groups excluding tert-OH is 1. The van der Waals surface area contributed by atoms with E-state index in [9.17, 15) is 17.9 Å². The minimum Gasteiger partial charge on any atom is -0.367 e. The fourth-order valence-electron chi connectivity index (χ4n) is 2.98. The van der Waals surface area contributed by atoms with Crippen molar-refractivity contribution in [3.63, 3.8) is 0 Å². The molecule has 3 aromatic heterocycles. The number of hydrogen-bond acceptors (Lipinski definition) is 9. The first-order valence-corrected chi connectivity index (χ1v) is 11.3. The van der Waals surface area contributed by atoms with Crippen molar-refractivity contribution in [3.05, 3.63) is 66.3 Å². The summed E-state index contributed by atoms with van der Waals surface area (Å²) in [6.07, 6.45) is 1.27. The quantitative estimate of drug-likeness (QED) is 0.347. The minimum atomic E-state index is -3.93. The Balaban J connectivity index is 1.67. The molecule has 4 aromatic rings. The first-order valence-electron chi connectivity index (χ1n) is 9.61. The first-order chi connectivity index (χ1) is 15.8. The molecule has 1 atom stereocenters. The molecule has 2 N–H and O–H groups in total. The average molecular weight is 474 g/mol. The summed E-state index contributed by atoms with van der Waals surface area (Å²) in [7, 11) is -2.75. The third-order valence-corrected chi connectivity index (χ3v) is 5.78. The number of ether oxygens (including phenoxy) is 1. The predicted octanol–water partition coefficient (Wildman–Crippen LogP) is 1.89. The van der Waals surface area contributed by atoms with E-state index in [0.717, 1.165) is 0 Å². The summed E-state index contributed by atoms with van der Waals surface area (Å²) in [5.41, 5.74) is 1.72. The van der Waals surface area contributed by atoms with Crippen LogP contribution in [0.25, 0.3) is 22.9 Å². The summed E-state index contributed by atoms with van der Waals surface area (Å²) < 4.78 is 51.9. The Morgan fingerprint density at radius 3 is 2.79 bits per heavy atom. The van der Waals surface area contributed by atoms with Crippen LogP contribution in [0.5, 0.6) is 0 Å². The number of rotatable bonds is 9. The monoisotopic (exact) mass is 474 g/mol. The summed E-state index contributed by atoms with van der Waals surface area (Å²) in [5, 5.41) is 17.8. The molecule has 0 spiro atoms.